The normalized spacial score (nSPS) is 13.2. The maximum Gasteiger partial charge on any atom is 0.126 e. The highest BCUT2D eigenvalue weighted by Gasteiger charge is 2.20. The van der Waals surface area contributed by atoms with Crippen LogP contribution in [0.25, 0.3) is 0 Å². The summed E-state index contributed by atoms with van der Waals surface area (Å²) in [5.41, 5.74) is 0.613. The third kappa shape index (κ3) is 5.53. The van der Waals surface area contributed by atoms with Crippen LogP contribution in [-0.4, -0.2) is 17.5 Å². The van der Waals surface area contributed by atoms with Crippen molar-refractivity contribution < 1.29 is 4.74 Å². The Kier molecular flexibility index (Phi) is 6.78. The fraction of sp³-hybridized carbons (Fsp3) is 0.375. The fourth-order valence-electron chi connectivity index (χ4n) is 1.54. The third-order valence-corrected chi connectivity index (χ3v) is 3.11. The van der Waals surface area contributed by atoms with Gasteiger partial charge in [-0.2, -0.15) is 0 Å². The van der Waals surface area contributed by atoms with Gasteiger partial charge in [0.05, 0.1) is 6.61 Å². The molecule has 1 nitrogen and oxygen atoms in total. The first-order valence-corrected chi connectivity index (χ1v) is 7.21. The van der Waals surface area contributed by atoms with Gasteiger partial charge in [-0.3, -0.25) is 0 Å². The lowest BCUT2D eigenvalue weighted by atomic mass is 10.0. The van der Waals surface area contributed by atoms with Gasteiger partial charge < -0.3 is 4.74 Å². The summed E-state index contributed by atoms with van der Waals surface area (Å²) in [5.74, 6) is 6.42. The van der Waals surface area contributed by atoms with Crippen molar-refractivity contribution in [1.82, 2.24) is 0 Å². The van der Waals surface area contributed by atoms with Crippen molar-refractivity contribution in [1.29, 1.82) is 0 Å². The predicted octanol–water partition coefficient (Wildman–Crippen LogP) is 4.17. The maximum absolute atomic E-state index is 5.79. The molecule has 0 heterocycles. The first-order chi connectivity index (χ1) is 8.70. The number of rotatable bonds is 6. The van der Waals surface area contributed by atoms with Gasteiger partial charge in [0, 0.05) is 10.9 Å². The van der Waals surface area contributed by atoms with Crippen molar-refractivity contribution >= 4 is 15.9 Å². The van der Waals surface area contributed by atoms with Gasteiger partial charge in [-0.25, -0.2) is 0 Å². The summed E-state index contributed by atoms with van der Waals surface area (Å²) in [6.07, 6.45) is 3.71. The molecule has 1 aromatic rings. The molecule has 0 fully saturated rings. The third-order valence-electron chi connectivity index (χ3n) is 2.55. The molecule has 0 saturated carbocycles. The van der Waals surface area contributed by atoms with Gasteiger partial charge in [-0.15, -0.1) is 6.58 Å². The number of alkyl halides is 1. The van der Waals surface area contributed by atoms with E-state index in [1.807, 2.05) is 37.3 Å². The molecule has 1 atom stereocenters. The van der Waals surface area contributed by atoms with E-state index in [4.69, 9.17) is 4.74 Å². The molecule has 0 radical (unpaired) electrons. The zero-order chi connectivity index (χ0) is 13.3. The van der Waals surface area contributed by atoms with E-state index in [2.05, 4.69) is 34.3 Å². The van der Waals surface area contributed by atoms with Crippen LogP contribution in [0.3, 0.4) is 0 Å². The Balaban J connectivity index is 2.77. The lowest BCUT2D eigenvalue weighted by Crippen LogP contribution is -2.27. The molecule has 0 aromatic heterocycles. The van der Waals surface area contributed by atoms with Gasteiger partial charge in [0.25, 0.3) is 0 Å². The fourth-order valence-corrected chi connectivity index (χ4v) is 1.82. The summed E-state index contributed by atoms with van der Waals surface area (Å²) in [4.78, 5) is 0. The first kappa shape index (κ1) is 15.0. The van der Waals surface area contributed by atoms with Crippen LogP contribution in [-0.2, 0) is 4.74 Å². The lowest BCUT2D eigenvalue weighted by molar-refractivity contribution is 0.0249. The predicted molar refractivity (Wildman–Crippen MR) is 80.9 cm³/mol. The van der Waals surface area contributed by atoms with Crippen LogP contribution < -0.4 is 0 Å². The summed E-state index contributed by atoms with van der Waals surface area (Å²) >= 11 is 3.44. The average molecular weight is 307 g/mol. The molecular formula is C16H19BrO. The molecular weight excluding hydrogens is 288 g/mol. The van der Waals surface area contributed by atoms with Crippen molar-refractivity contribution in [3.05, 3.63) is 48.6 Å². The maximum atomic E-state index is 5.79. The highest BCUT2D eigenvalue weighted by molar-refractivity contribution is 9.09. The Labute approximate surface area is 118 Å². The van der Waals surface area contributed by atoms with E-state index in [1.54, 1.807) is 6.08 Å². The second-order valence-corrected chi connectivity index (χ2v) is 5.03. The highest BCUT2D eigenvalue weighted by atomic mass is 79.9. The van der Waals surface area contributed by atoms with E-state index in [0.717, 1.165) is 23.7 Å². The van der Waals surface area contributed by atoms with Crippen LogP contribution in [0.2, 0.25) is 0 Å². The molecule has 18 heavy (non-hydrogen) atoms. The minimum absolute atomic E-state index is 0.405. The van der Waals surface area contributed by atoms with Crippen molar-refractivity contribution in [2.45, 2.75) is 25.4 Å². The van der Waals surface area contributed by atoms with E-state index in [0.29, 0.717) is 6.61 Å². The van der Waals surface area contributed by atoms with Crippen molar-refractivity contribution in [3.8, 4) is 11.8 Å². The van der Waals surface area contributed by atoms with Crippen molar-refractivity contribution in [2.75, 3.05) is 11.9 Å². The van der Waals surface area contributed by atoms with Crippen LogP contribution in [0.5, 0.6) is 0 Å². The van der Waals surface area contributed by atoms with Crippen LogP contribution in [0, 0.1) is 11.8 Å². The first-order valence-electron chi connectivity index (χ1n) is 6.09. The second kappa shape index (κ2) is 8.13. The lowest BCUT2D eigenvalue weighted by Gasteiger charge is -2.23. The van der Waals surface area contributed by atoms with Crippen molar-refractivity contribution in [3.63, 3.8) is 0 Å². The molecule has 0 N–H and O–H groups in total. The van der Waals surface area contributed by atoms with Gasteiger partial charge in [0.1, 0.15) is 5.60 Å². The molecule has 1 rings (SSSR count). The van der Waals surface area contributed by atoms with E-state index in [9.17, 15) is 0 Å². The summed E-state index contributed by atoms with van der Waals surface area (Å²) in [6.45, 7) is 6.25. The standard InChI is InChI=1S/C16H19BrO/c1-3-14-18-16(2,11-7-13-17)12-10-15-8-5-4-6-9-15/h3-6,8-9H,1,7,11,13-14H2,2H3. The zero-order valence-electron chi connectivity index (χ0n) is 10.8. The van der Waals surface area contributed by atoms with Crippen LogP contribution in [0.4, 0.5) is 0 Å². The second-order valence-electron chi connectivity index (χ2n) is 4.24. The molecule has 0 aliphatic carbocycles. The van der Waals surface area contributed by atoms with Crippen molar-refractivity contribution in [2.24, 2.45) is 0 Å². The number of ether oxygens (including phenoxy) is 1. The van der Waals surface area contributed by atoms with Gasteiger partial charge in [-0.1, -0.05) is 52.0 Å². The Hall–Kier alpha value is -1.04. The zero-order valence-corrected chi connectivity index (χ0v) is 12.4. The molecule has 96 valence electrons. The highest BCUT2D eigenvalue weighted by Crippen LogP contribution is 2.18. The Morgan fingerprint density at radius 1 is 1.39 bits per heavy atom. The largest absolute Gasteiger partial charge is 0.359 e. The minimum atomic E-state index is -0.405. The summed E-state index contributed by atoms with van der Waals surface area (Å²) in [5, 5.41) is 0.965. The summed E-state index contributed by atoms with van der Waals surface area (Å²) < 4.78 is 5.79. The van der Waals surface area contributed by atoms with Crippen LogP contribution in [0.15, 0.2) is 43.0 Å². The van der Waals surface area contributed by atoms with Gasteiger partial charge in [-0.05, 0) is 31.9 Å². The number of benzene rings is 1. The average Bonchev–Trinajstić information content (AvgIpc) is 2.42. The molecule has 2 heteroatoms. The van der Waals surface area contributed by atoms with Gasteiger partial charge >= 0.3 is 0 Å². The topological polar surface area (TPSA) is 9.23 Å². The number of hydrogen-bond donors (Lipinski definition) is 0. The number of halogens is 1. The van der Waals surface area contributed by atoms with E-state index in [1.165, 1.54) is 0 Å². The molecule has 0 aliphatic rings. The smallest absolute Gasteiger partial charge is 0.126 e. The molecule has 0 amide bonds. The molecule has 0 saturated heterocycles. The minimum Gasteiger partial charge on any atom is -0.359 e. The molecule has 0 aliphatic heterocycles. The van der Waals surface area contributed by atoms with E-state index in [-0.39, 0.29) is 0 Å². The molecule has 1 unspecified atom stereocenters. The Morgan fingerprint density at radius 3 is 2.72 bits per heavy atom. The molecule has 1 aromatic carbocycles. The molecule has 0 bridgehead atoms. The van der Waals surface area contributed by atoms with Gasteiger partial charge in [0.15, 0.2) is 0 Å². The SMILES string of the molecule is C=CCOC(C)(C#Cc1ccccc1)CCCBr. The van der Waals surface area contributed by atoms with E-state index >= 15 is 0 Å². The Bertz CT molecular complexity index is 416. The Morgan fingerprint density at radius 2 is 2.11 bits per heavy atom. The van der Waals surface area contributed by atoms with E-state index < -0.39 is 5.60 Å². The monoisotopic (exact) mass is 306 g/mol. The quantitative estimate of drug-likeness (QED) is 0.435. The number of hydrogen-bond acceptors (Lipinski definition) is 1. The van der Waals surface area contributed by atoms with Crippen LogP contribution in [0.1, 0.15) is 25.3 Å². The molecule has 0 spiro atoms. The summed E-state index contributed by atoms with van der Waals surface area (Å²) in [6, 6.07) is 9.98. The van der Waals surface area contributed by atoms with Gasteiger partial charge in [0.2, 0.25) is 0 Å². The van der Waals surface area contributed by atoms with Crippen LogP contribution >= 0.6 is 15.9 Å². The summed E-state index contributed by atoms with van der Waals surface area (Å²) in [7, 11) is 0.